The Morgan fingerprint density at radius 1 is 0.927 bits per heavy atom. The van der Waals surface area contributed by atoms with Gasteiger partial charge in [-0.2, -0.15) is 5.10 Å². The van der Waals surface area contributed by atoms with E-state index >= 15 is 0 Å². The molecule has 0 radical (unpaired) electrons. The normalized spacial score (nSPS) is 11.5. The van der Waals surface area contributed by atoms with Crippen molar-refractivity contribution < 1.29 is 22.7 Å². The van der Waals surface area contributed by atoms with E-state index in [9.17, 15) is 13.2 Å². The van der Waals surface area contributed by atoms with E-state index in [1.165, 1.54) is 32.4 Å². The highest BCUT2D eigenvalue weighted by molar-refractivity contribution is 7.92. The average molecular weight is 575 g/mol. The molecule has 1 N–H and O–H groups in total. The summed E-state index contributed by atoms with van der Waals surface area (Å²) < 4.78 is 41.2. The number of para-hydroxylation sites is 1. The number of methoxy groups -OCH3 is 2. The number of rotatable bonds is 10. The molecule has 0 aliphatic rings. The summed E-state index contributed by atoms with van der Waals surface area (Å²) in [5, 5.41) is 4.16. The van der Waals surface area contributed by atoms with Gasteiger partial charge in [-0.15, -0.1) is 0 Å². The van der Waals surface area contributed by atoms with Gasteiger partial charge in [-0.1, -0.05) is 36.4 Å². The number of hydrogen-bond acceptors (Lipinski definition) is 6. The van der Waals surface area contributed by atoms with E-state index in [2.05, 4.69) is 41.1 Å². The molecule has 0 fully saturated rings. The van der Waals surface area contributed by atoms with Crippen molar-refractivity contribution in [2.45, 2.75) is 32.6 Å². The van der Waals surface area contributed by atoms with E-state index in [0.717, 1.165) is 38.1 Å². The third kappa shape index (κ3) is 6.12. The number of nitrogens with one attached hydrogen (secondary N) is 1. The minimum absolute atomic E-state index is 0.0353. The first-order valence-corrected chi connectivity index (χ1v) is 14.4. The Morgan fingerprint density at radius 3 is 2.24 bits per heavy atom. The molecule has 4 aromatic rings. The van der Waals surface area contributed by atoms with Crippen molar-refractivity contribution in [3.63, 3.8) is 0 Å². The van der Waals surface area contributed by atoms with Crippen molar-refractivity contribution in [3.8, 4) is 17.2 Å². The maximum absolute atomic E-state index is 13.7. The number of anilines is 1. The number of aryl methyl sites for hydroxylation is 3. The highest BCUT2D eigenvalue weighted by Gasteiger charge is 2.29. The highest BCUT2D eigenvalue weighted by atomic mass is 32.2. The maximum Gasteiger partial charge on any atom is 0.264 e. The van der Waals surface area contributed by atoms with Crippen LogP contribution < -0.4 is 19.2 Å². The Morgan fingerprint density at radius 2 is 1.61 bits per heavy atom. The molecule has 0 aliphatic heterocycles. The predicted octanol–water partition coefficient (Wildman–Crippen LogP) is 5.07. The van der Waals surface area contributed by atoms with E-state index in [1.54, 1.807) is 36.5 Å². The molecular formula is C31H34N4O5S. The number of nitrogens with zero attached hydrogens (tertiary/aromatic N) is 3. The minimum atomic E-state index is -4.13. The van der Waals surface area contributed by atoms with Crippen molar-refractivity contribution in [2.24, 2.45) is 5.10 Å². The lowest BCUT2D eigenvalue weighted by Gasteiger charge is -2.25. The zero-order valence-corrected chi connectivity index (χ0v) is 24.8. The van der Waals surface area contributed by atoms with Crippen LogP contribution >= 0.6 is 0 Å². The number of carbonyl (C=O) groups is 1. The van der Waals surface area contributed by atoms with Crippen LogP contribution in [-0.4, -0.2) is 45.9 Å². The van der Waals surface area contributed by atoms with Gasteiger partial charge in [-0.05, 0) is 69.2 Å². The molecule has 0 saturated carbocycles. The molecule has 0 aliphatic carbocycles. The van der Waals surface area contributed by atoms with Gasteiger partial charge in [0.1, 0.15) is 18.0 Å². The van der Waals surface area contributed by atoms with E-state index in [4.69, 9.17) is 9.47 Å². The summed E-state index contributed by atoms with van der Waals surface area (Å²) in [7, 11) is -1.21. The molecule has 0 atom stereocenters. The number of carbonyl (C=O) groups excluding carboxylic acids is 1. The Bertz CT molecular complexity index is 1670. The first kappa shape index (κ1) is 29.4. The summed E-state index contributed by atoms with van der Waals surface area (Å²) in [6.07, 6.45) is 1.56. The number of benzene rings is 3. The molecule has 1 aromatic heterocycles. The molecule has 41 heavy (non-hydrogen) atoms. The summed E-state index contributed by atoms with van der Waals surface area (Å²) in [5.74, 6) is 0.0940. The molecular weight excluding hydrogens is 540 g/mol. The molecule has 4 rings (SSSR count). The van der Waals surface area contributed by atoms with Crippen molar-refractivity contribution in [1.82, 2.24) is 9.99 Å². The first-order valence-electron chi connectivity index (χ1n) is 13.0. The molecule has 0 bridgehead atoms. The summed E-state index contributed by atoms with van der Waals surface area (Å²) in [5.41, 5.74) is 8.91. The quantitative estimate of drug-likeness (QED) is 0.210. The monoisotopic (exact) mass is 574 g/mol. The second kappa shape index (κ2) is 12.3. The molecule has 0 unspecified atom stereocenters. The molecule has 1 heterocycles. The van der Waals surface area contributed by atoms with Gasteiger partial charge in [0.15, 0.2) is 0 Å². The molecule has 9 nitrogen and oxygen atoms in total. The third-order valence-electron chi connectivity index (χ3n) is 6.80. The van der Waals surface area contributed by atoms with Crippen LogP contribution in [-0.2, 0) is 14.8 Å². The van der Waals surface area contributed by atoms with E-state index in [0.29, 0.717) is 5.75 Å². The molecule has 3 aromatic carbocycles. The Labute approximate surface area is 241 Å². The van der Waals surface area contributed by atoms with Gasteiger partial charge >= 0.3 is 0 Å². The van der Waals surface area contributed by atoms with Gasteiger partial charge in [0.25, 0.3) is 15.9 Å². The van der Waals surface area contributed by atoms with E-state index < -0.39 is 22.5 Å². The van der Waals surface area contributed by atoms with Gasteiger partial charge in [-0.3, -0.25) is 9.10 Å². The van der Waals surface area contributed by atoms with Gasteiger partial charge in [-0.25, -0.2) is 13.8 Å². The lowest BCUT2D eigenvalue weighted by molar-refractivity contribution is -0.119. The van der Waals surface area contributed by atoms with Crippen LogP contribution in [0.4, 0.5) is 5.69 Å². The molecule has 214 valence electrons. The second-order valence-corrected chi connectivity index (χ2v) is 11.4. The van der Waals surface area contributed by atoms with Crippen LogP contribution in [0, 0.1) is 27.7 Å². The maximum atomic E-state index is 13.7. The molecule has 0 spiro atoms. The van der Waals surface area contributed by atoms with Gasteiger partial charge in [0.2, 0.25) is 0 Å². The summed E-state index contributed by atoms with van der Waals surface area (Å²) in [4.78, 5) is 13.1. The fourth-order valence-corrected chi connectivity index (χ4v) is 6.22. The molecule has 0 saturated heterocycles. The second-order valence-electron chi connectivity index (χ2n) is 9.56. The smallest absolute Gasteiger partial charge is 0.264 e. The third-order valence-corrected chi connectivity index (χ3v) is 8.57. The number of hydrazone groups is 1. The van der Waals surface area contributed by atoms with Crippen molar-refractivity contribution in [1.29, 1.82) is 0 Å². The Hall–Kier alpha value is -4.57. The summed E-state index contributed by atoms with van der Waals surface area (Å²) >= 11 is 0. The Kier molecular flexibility index (Phi) is 8.83. The minimum Gasteiger partial charge on any atom is -0.497 e. The average Bonchev–Trinajstić information content (AvgIpc) is 3.24. The number of sulfonamides is 1. The predicted molar refractivity (Wildman–Crippen MR) is 161 cm³/mol. The van der Waals surface area contributed by atoms with E-state index in [1.807, 2.05) is 26.0 Å². The van der Waals surface area contributed by atoms with E-state index in [-0.39, 0.29) is 16.3 Å². The zero-order valence-electron chi connectivity index (χ0n) is 24.0. The topological polar surface area (TPSA) is 102 Å². The zero-order chi connectivity index (χ0) is 29.7. The fraction of sp³-hybridized carbons (Fsp3) is 0.226. The Balaban J connectivity index is 1.62. The van der Waals surface area contributed by atoms with Gasteiger partial charge in [0, 0.05) is 23.0 Å². The largest absolute Gasteiger partial charge is 0.497 e. The lowest BCUT2D eigenvalue weighted by Crippen LogP contribution is -2.39. The van der Waals surface area contributed by atoms with Crippen LogP contribution in [0.1, 0.15) is 28.1 Å². The van der Waals surface area contributed by atoms with Crippen LogP contribution in [0.15, 0.2) is 82.8 Å². The number of aromatic nitrogens is 1. The van der Waals surface area contributed by atoms with Gasteiger partial charge in [0.05, 0.1) is 36.7 Å². The standard InChI is InChI=1S/C31H34N4O5S/c1-21-11-10-12-22(2)31(21)35-23(3)17-25(24(35)4)19-32-33-30(36)20-34(41(37,38)27-13-8-7-9-14-27)28-16-15-26(39-5)18-29(28)40-6/h7-19H,20H2,1-6H3,(H,33,36)/b32-19+. The molecule has 1 amide bonds. The highest BCUT2D eigenvalue weighted by Crippen LogP contribution is 2.35. The molecule has 10 heteroatoms. The summed E-state index contributed by atoms with van der Waals surface area (Å²) in [6, 6.07) is 20.8. The number of ether oxygens (including phenoxy) is 2. The van der Waals surface area contributed by atoms with Gasteiger partial charge < -0.3 is 14.0 Å². The van der Waals surface area contributed by atoms with Crippen LogP contribution in [0.5, 0.6) is 11.5 Å². The first-order chi connectivity index (χ1) is 19.6. The van der Waals surface area contributed by atoms with Crippen molar-refractivity contribution >= 4 is 27.8 Å². The number of amides is 1. The lowest BCUT2D eigenvalue weighted by atomic mass is 10.1. The van der Waals surface area contributed by atoms with Crippen LogP contribution in [0.25, 0.3) is 5.69 Å². The van der Waals surface area contributed by atoms with Crippen molar-refractivity contribution in [2.75, 3.05) is 25.1 Å². The van der Waals surface area contributed by atoms with Crippen molar-refractivity contribution in [3.05, 3.63) is 101 Å². The fourth-order valence-electron chi connectivity index (χ4n) is 4.77. The number of hydrogen-bond donors (Lipinski definition) is 1. The SMILES string of the molecule is COc1ccc(N(CC(=O)N/N=C/c2cc(C)n(-c3c(C)cccc3C)c2C)S(=O)(=O)c2ccccc2)c(OC)c1. The summed E-state index contributed by atoms with van der Waals surface area (Å²) in [6.45, 7) is 7.62. The van der Waals surface area contributed by atoms with Crippen LogP contribution in [0.3, 0.4) is 0 Å². The van der Waals surface area contributed by atoms with Crippen LogP contribution in [0.2, 0.25) is 0 Å².